The minimum Gasteiger partial charge on any atom is -0.378 e. The lowest BCUT2D eigenvalue weighted by molar-refractivity contribution is -0.137. The van der Waals surface area contributed by atoms with Crippen LogP contribution < -0.4 is 10.2 Å². The number of nitrogens with zero attached hydrogens (tertiary/aromatic N) is 1. The Morgan fingerprint density at radius 2 is 1.86 bits per heavy atom. The van der Waals surface area contributed by atoms with E-state index in [9.17, 15) is 13.2 Å². The molecular formula is C17H15F3N2. The van der Waals surface area contributed by atoms with Crippen LogP contribution in [0.25, 0.3) is 0 Å². The molecule has 5 heteroatoms. The van der Waals surface area contributed by atoms with E-state index < -0.39 is 11.7 Å². The van der Waals surface area contributed by atoms with E-state index in [2.05, 4.69) is 24.4 Å². The van der Waals surface area contributed by atoms with Gasteiger partial charge in [0.1, 0.15) is 0 Å². The Labute approximate surface area is 126 Å². The fourth-order valence-corrected chi connectivity index (χ4v) is 3.43. The second-order valence-corrected chi connectivity index (χ2v) is 5.93. The van der Waals surface area contributed by atoms with Crippen molar-refractivity contribution in [2.45, 2.75) is 32.2 Å². The molecule has 0 fully saturated rings. The summed E-state index contributed by atoms with van der Waals surface area (Å²) in [5.41, 5.74) is 4.86. The normalized spacial score (nSPS) is 19.3. The van der Waals surface area contributed by atoms with Crippen molar-refractivity contribution in [1.82, 2.24) is 0 Å². The quantitative estimate of drug-likeness (QED) is 0.820. The number of nitrogens with one attached hydrogen (secondary N) is 1. The molecule has 0 saturated carbocycles. The molecule has 0 aromatic heterocycles. The zero-order valence-electron chi connectivity index (χ0n) is 12.0. The molecule has 0 saturated heterocycles. The molecule has 0 radical (unpaired) electrons. The lowest BCUT2D eigenvalue weighted by Crippen LogP contribution is -2.16. The predicted octanol–water partition coefficient (Wildman–Crippen LogP) is 4.71. The first kappa shape index (κ1) is 13.5. The van der Waals surface area contributed by atoms with Gasteiger partial charge in [-0.3, -0.25) is 0 Å². The van der Waals surface area contributed by atoms with Crippen molar-refractivity contribution in [2.75, 3.05) is 10.2 Å². The highest BCUT2D eigenvalue weighted by Gasteiger charge is 2.33. The Kier molecular flexibility index (Phi) is 2.71. The summed E-state index contributed by atoms with van der Waals surface area (Å²) in [4.78, 5) is 2.01. The molecule has 3 heterocycles. The maximum atomic E-state index is 12.9. The number of alkyl halides is 3. The molecule has 0 amide bonds. The highest BCUT2D eigenvalue weighted by Crippen LogP contribution is 2.42. The lowest BCUT2D eigenvalue weighted by atomic mass is 9.92. The molecule has 2 aromatic rings. The molecule has 22 heavy (non-hydrogen) atoms. The van der Waals surface area contributed by atoms with Crippen molar-refractivity contribution >= 4 is 11.4 Å². The highest BCUT2D eigenvalue weighted by molar-refractivity contribution is 5.68. The molecule has 2 nitrogen and oxygen atoms in total. The van der Waals surface area contributed by atoms with Crippen molar-refractivity contribution < 1.29 is 13.2 Å². The van der Waals surface area contributed by atoms with Crippen LogP contribution in [0.2, 0.25) is 0 Å². The van der Waals surface area contributed by atoms with Gasteiger partial charge in [0.05, 0.1) is 5.56 Å². The van der Waals surface area contributed by atoms with Crippen molar-refractivity contribution in [3.8, 4) is 0 Å². The summed E-state index contributed by atoms with van der Waals surface area (Å²) in [6, 6.07) is 10.0. The van der Waals surface area contributed by atoms with Crippen LogP contribution in [0.4, 0.5) is 24.5 Å². The standard InChI is InChI=1S/C17H15F3N2/c1-10-13-5-6-16(21-10)15-9-22(8-14(13)15)12-4-2-3-11(7-12)17(18,19)20/h2-7,10,21H,8-9H2,1H3. The zero-order chi connectivity index (χ0) is 15.5. The molecule has 1 unspecified atom stereocenters. The van der Waals surface area contributed by atoms with Crippen LogP contribution in [-0.2, 0) is 19.3 Å². The van der Waals surface area contributed by atoms with Crippen LogP contribution in [0.1, 0.15) is 35.2 Å². The predicted molar refractivity (Wildman–Crippen MR) is 79.8 cm³/mol. The summed E-state index contributed by atoms with van der Waals surface area (Å²) < 4.78 is 38.6. The highest BCUT2D eigenvalue weighted by atomic mass is 19.4. The van der Waals surface area contributed by atoms with Gasteiger partial charge in [0, 0.05) is 30.5 Å². The number of hydrogen-bond donors (Lipinski definition) is 1. The SMILES string of the molecule is CC1Nc2ccc1c1c2CN(c2cccc(C(F)(F)F)c2)C1. The van der Waals surface area contributed by atoms with Gasteiger partial charge in [-0.15, -0.1) is 0 Å². The number of rotatable bonds is 1. The third-order valence-corrected chi connectivity index (χ3v) is 4.54. The lowest BCUT2D eigenvalue weighted by Gasteiger charge is -2.27. The van der Waals surface area contributed by atoms with E-state index in [0.29, 0.717) is 18.8 Å². The Morgan fingerprint density at radius 1 is 1.09 bits per heavy atom. The van der Waals surface area contributed by atoms with Gasteiger partial charge in [-0.1, -0.05) is 12.1 Å². The van der Waals surface area contributed by atoms with E-state index in [1.807, 2.05) is 4.90 Å². The van der Waals surface area contributed by atoms with Crippen molar-refractivity contribution in [2.24, 2.45) is 0 Å². The molecule has 3 aliphatic heterocycles. The third-order valence-electron chi connectivity index (χ3n) is 4.54. The summed E-state index contributed by atoms with van der Waals surface area (Å²) in [5, 5.41) is 3.42. The minimum atomic E-state index is -4.30. The van der Waals surface area contributed by atoms with E-state index in [-0.39, 0.29) is 6.04 Å². The number of anilines is 2. The van der Waals surface area contributed by atoms with Crippen LogP contribution in [-0.4, -0.2) is 0 Å². The molecule has 1 atom stereocenters. The average molecular weight is 304 g/mol. The molecule has 2 bridgehead atoms. The number of fused-ring (bicyclic) bond motifs is 2. The molecular weight excluding hydrogens is 289 g/mol. The Balaban J connectivity index is 1.69. The minimum absolute atomic E-state index is 0.278. The monoisotopic (exact) mass is 304 g/mol. The van der Waals surface area contributed by atoms with Crippen LogP contribution >= 0.6 is 0 Å². The van der Waals surface area contributed by atoms with Gasteiger partial charge >= 0.3 is 6.18 Å². The van der Waals surface area contributed by atoms with Crippen molar-refractivity contribution in [1.29, 1.82) is 0 Å². The molecule has 0 aliphatic carbocycles. The zero-order valence-corrected chi connectivity index (χ0v) is 12.0. The van der Waals surface area contributed by atoms with Crippen LogP contribution in [0.5, 0.6) is 0 Å². The first-order valence-corrected chi connectivity index (χ1v) is 7.27. The Hall–Kier alpha value is -2.17. The molecule has 114 valence electrons. The smallest absolute Gasteiger partial charge is 0.378 e. The second-order valence-electron chi connectivity index (χ2n) is 5.93. The Morgan fingerprint density at radius 3 is 2.59 bits per heavy atom. The van der Waals surface area contributed by atoms with Gasteiger partial charge in [0.2, 0.25) is 0 Å². The maximum Gasteiger partial charge on any atom is 0.416 e. The summed E-state index contributed by atoms with van der Waals surface area (Å²) >= 11 is 0. The maximum absolute atomic E-state index is 12.9. The van der Waals surface area contributed by atoms with E-state index >= 15 is 0 Å². The second kappa shape index (κ2) is 4.41. The van der Waals surface area contributed by atoms with Gasteiger partial charge < -0.3 is 10.2 Å². The van der Waals surface area contributed by atoms with Crippen molar-refractivity contribution in [3.63, 3.8) is 0 Å². The van der Waals surface area contributed by atoms with E-state index in [4.69, 9.17) is 0 Å². The van der Waals surface area contributed by atoms with E-state index in [0.717, 1.165) is 11.8 Å². The molecule has 5 rings (SSSR count). The summed E-state index contributed by atoms with van der Waals surface area (Å²) in [7, 11) is 0. The molecule has 3 aliphatic rings. The van der Waals surface area contributed by atoms with Crippen molar-refractivity contribution in [3.05, 3.63) is 58.7 Å². The average Bonchev–Trinajstić information content (AvgIpc) is 2.93. The summed E-state index contributed by atoms with van der Waals surface area (Å²) in [6.07, 6.45) is -4.30. The fourth-order valence-electron chi connectivity index (χ4n) is 3.43. The first-order chi connectivity index (χ1) is 10.4. The summed E-state index contributed by atoms with van der Waals surface area (Å²) in [6.45, 7) is 3.43. The Bertz CT molecular complexity index is 752. The molecule has 0 spiro atoms. The van der Waals surface area contributed by atoms with E-state index in [1.165, 1.54) is 28.8 Å². The van der Waals surface area contributed by atoms with Gasteiger partial charge in [-0.05, 0) is 47.9 Å². The van der Waals surface area contributed by atoms with Crippen LogP contribution in [0.15, 0.2) is 36.4 Å². The number of benzene rings is 2. The largest absolute Gasteiger partial charge is 0.416 e. The van der Waals surface area contributed by atoms with Gasteiger partial charge in [-0.2, -0.15) is 13.2 Å². The number of halogens is 3. The van der Waals surface area contributed by atoms with Gasteiger partial charge in [0.25, 0.3) is 0 Å². The topological polar surface area (TPSA) is 15.3 Å². The molecule has 1 N–H and O–H groups in total. The summed E-state index contributed by atoms with van der Waals surface area (Å²) in [5.74, 6) is 0. The van der Waals surface area contributed by atoms with Crippen LogP contribution in [0.3, 0.4) is 0 Å². The van der Waals surface area contributed by atoms with Gasteiger partial charge in [0.15, 0.2) is 0 Å². The first-order valence-electron chi connectivity index (χ1n) is 7.27. The van der Waals surface area contributed by atoms with Crippen LogP contribution in [0, 0.1) is 0 Å². The molecule has 2 aromatic carbocycles. The number of hydrogen-bond acceptors (Lipinski definition) is 2. The van der Waals surface area contributed by atoms with Gasteiger partial charge in [-0.25, -0.2) is 0 Å². The third kappa shape index (κ3) is 1.95. The van der Waals surface area contributed by atoms with E-state index in [1.54, 1.807) is 6.07 Å². The fraction of sp³-hybridized carbons (Fsp3) is 0.294.